The molecule has 0 unspecified atom stereocenters. The number of carboxylic acids is 5. The van der Waals surface area contributed by atoms with E-state index in [0.29, 0.717) is 6.42 Å². The summed E-state index contributed by atoms with van der Waals surface area (Å²) in [5, 5.41) is 59.2. The summed E-state index contributed by atoms with van der Waals surface area (Å²) in [4.78, 5) is 205. The molecule has 1 fully saturated rings. The molecule has 478 valence electrons. The molecule has 1 rings (SSSR count). The van der Waals surface area contributed by atoms with E-state index in [1.165, 1.54) is 23.7 Å². The fraction of sp³-hybridized carbons (Fsp3) is 0.709. The first-order chi connectivity index (χ1) is 39.9. The van der Waals surface area contributed by atoms with Crippen molar-refractivity contribution in [2.24, 2.45) is 29.4 Å². The number of hydrogen-bond donors (Lipinski definition) is 11. The first-order valence-electron chi connectivity index (χ1n) is 28.2. The van der Waals surface area contributed by atoms with Gasteiger partial charge >= 0.3 is 29.8 Å². The number of nitrogens with zero attached hydrogens (tertiary/aromatic N) is 1. The summed E-state index contributed by atoms with van der Waals surface area (Å²) in [7, 11) is 1.45. The van der Waals surface area contributed by atoms with Crippen LogP contribution in [0.2, 0.25) is 0 Å². The van der Waals surface area contributed by atoms with Gasteiger partial charge in [0, 0.05) is 114 Å². The molecule has 0 aromatic heterocycles. The van der Waals surface area contributed by atoms with Crippen molar-refractivity contribution < 1.29 is 107 Å². The maximum atomic E-state index is 13.9. The number of aliphatic carboxylic acids is 5. The number of nitrogens with two attached hydrogens (primary N) is 1. The van der Waals surface area contributed by atoms with Crippen LogP contribution >= 0.6 is 11.8 Å². The van der Waals surface area contributed by atoms with Gasteiger partial charge in [-0.25, -0.2) is 0 Å². The zero-order valence-electron chi connectivity index (χ0n) is 48.9. The van der Waals surface area contributed by atoms with Gasteiger partial charge in [0.25, 0.3) is 0 Å². The average molecular weight is 1230 g/mol. The van der Waals surface area contributed by atoms with E-state index in [2.05, 4.69) is 26.6 Å². The van der Waals surface area contributed by atoms with E-state index in [9.17, 15) is 97.1 Å². The zero-order valence-corrected chi connectivity index (χ0v) is 49.7. The molecule has 1 heterocycles. The molecule has 6 amide bonds. The number of ketones is 5. The Morgan fingerprint density at radius 3 is 1.54 bits per heavy atom. The highest BCUT2D eigenvalue weighted by molar-refractivity contribution is 7.98. The molecule has 9 atom stereocenters. The Balaban J connectivity index is 3.09. The molecule has 85 heavy (non-hydrogen) atoms. The van der Waals surface area contributed by atoms with E-state index in [4.69, 9.17) is 15.6 Å². The van der Waals surface area contributed by atoms with Crippen molar-refractivity contribution >= 4 is 106 Å². The minimum Gasteiger partial charge on any atom is -0.481 e. The number of carbonyl (C=O) groups excluding carboxylic acids is 11. The number of carbonyl (C=O) groups is 16. The molecular formula is C55H85N7O22S. The Morgan fingerprint density at radius 2 is 1.04 bits per heavy atom. The molecule has 29 nitrogen and oxygen atoms in total. The number of nitrogens with one attached hydrogen (secondary N) is 5. The minimum atomic E-state index is -1.70. The number of thioether (sulfide) groups is 1. The average Bonchev–Trinajstić information content (AvgIpc) is 3.62. The Morgan fingerprint density at radius 1 is 0.553 bits per heavy atom. The molecule has 30 heteroatoms. The van der Waals surface area contributed by atoms with Crippen LogP contribution in [0.15, 0.2) is 0 Å². The monoisotopic (exact) mass is 1230 g/mol. The van der Waals surface area contributed by atoms with Crippen LogP contribution in [0, 0.1) is 23.7 Å². The third-order valence-electron chi connectivity index (χ3n) is 13.9. The quantitative estimate of drug-likeness (QED) is 0.0362. The van der Waals surface area contributed by atoms with Crippen LogP contribution in [-0.2, 0) is 81.4 Å². The van der Waals surface area contributed by atoms with E-state index < -0.39 is 214 Å². The number of amides is 6. The molecule has 0 aliphatic carbocycles. The van der Waals surface area contributed by atoms with Crippen molar-refractivity contribution in [3.8, 4) is 0 Å². The van der Waals surface area contributed by atoms with Gasteiger partial charge in [-0.15, -0.1) is 0 Å². The summed E-state index contributed by atoms with van der Waals surface area (Å²) in [5.41, 5.74) is 5.80. The predicted octanol–water partition coefficient (Wildman–Crippen LogP) is 0.184. The van der Waals surface area contributed by atoms with Crippen LogP contribution in [-0.4, -0.2) is 200 Å². The smallest absolute Gasteiger partial charge is 0.303 e. The van der Waals surface area contributed by atoms with E-state index in [1.54, 1.807) is 13.2 Å². The van der Waals surface area contributed by atoms with Crippen molar-refractivity contribution in [3.63, 3.8) is 0 Å². The Kier molecular flexibility index (Phi) is 35.8. The van der Waals surface area contributed by atoms with Crippen molar-refractivity contribution in [2.45, 2.75) is 185 Å². The van der Waals surface area contributed by atoms with Gasteiger partial charge in [0.05, 0.1) is 30.2 Å². The molecule has 1 saturated heterocycles. The lowest BCUT2D eigenvalue weighted by atomic mass is 9.89. The van der Waals surface area contributed by atoms with E-state index in [1.807, 2.05) is 13.8 Å². The highest BCUT2D eigenvalue weighted by Crippen LogP contribution is 2.22. The fourth-order valence-corrected chi connectivity index (χ4v) is 9.77. The third kappa shape index (κ3) is 31.0. The minimum absolute atomic E-state index is 0.0723. The van der Waals surface area contributed by atoms with Crippen molar-refractivity contribution in [2.75, 3.05) is 38.8 Å². The maximum Gasteiger partial charge on any atom is 0.303 e. The second-order valence-corrected chi connectivity index (χ2v) is 22.3. The Labute approximate surface area is 496 Å². The van der Waals surface area contributed by atoms with E-state index in [-0.39, 0.29) is 87.9 Å². The zero-order chi connectivity index (χ0) is 64.5. The van der Waals surface area contributed by atoms with Crippen LogP contribution in [0.3, 0.4) is 0 Å². The van der Waals surface area contributed by atoms with Crippen LogP contribution in [0.1, 0.15) is 149 Å². The standard InChI is InChI=1S/C55H85N7O22S/c1-30(2)24-37(41(64)15-16-45(68)58-38(29-85-5)43(66)25-31(3)52(80)57-4)61-55(83)39-8-6-22-62(39)46(69)28-84-23-7-9-40(63)35(13-20-50(76)77)59-54(82)33(11-18-48(72)73)27-44(67)36(14-21-51(78)79)60-53(81)32(10-17-47(70)71)26-42(65)34(56)12-19-49(74)75/h30-39H,6-29,56H2,1-5H3,(H,57,80)(H,58,68)(H,59,82)(H,60,81)(H,61,83)(H,70,71)(H,72,73)(H,74,75)(H,76,77)(H,78,79)/t31-,32+,33+,34-,35-,36-,37+,38+,39+/m1/s1. The van der Waals surface area contributed by atoms with Crippen LogP contribution in [0.25, 0.3) is 0 Å². The van der Waals surface area contributed by atoms with Gasteiger partial charge in [0.2, 0.25) is 35.4 Å². The summed E-state index contributed by atoms with van der Waals surface area (Å²) in [6.07, 6.45) is -5.55. The highest BCUT2D eigenvalue weighted by atomic mass is 32.2. The normalized spacial score (nSPS) is 15.8. The van der Waals surface area contributed by atoms with Gasteiger partial charge in [0.15, 0.2) is 23.1 Å². The summed E-state index contributed by atoms with van der Waals surface area (Å²) in [5.74, 6) is -17.8. The van der Waals surface area contributed by atoms with Gasteiger partial charge in [-0.2, -0.15) is 11.8 Å². The van der Waals surface area contributed by atoms with Crippen molar-refractivity contribution in [3.05, 3.63) is 0 Å². The van der Waals surface area contributed by atoms with Crippen molar-refractivity contribution in [1.82, 2.24) is 31.5 Å². The molecular weight excluding hydrogens is 1140 g/mol. The number of hydrogen-bond acceptors (Lipinski definition) is 19. The summed E-state index contributed by atoms with van der Waals surface area (Å²) < 4.78 is 5.55. The molecule has 1 aliphatic heterocycles. The number of likely N-dealkylation sites (tertiary alicyclic amines) is 1. The first-order valence-corrected chi connectivity index (χ1v) is 29.6. The third-order valence-corrected chi connectivity index (χ3v) is 14.6. The lowest BCUT2D eigenvalue weighted by molar-refractivity contribution is -0.142. The van der Waals surface area contributed by atoms with Gasteiger partial charge < -0.3 is 67.5 Å². The largest absolute Gasteiger partial charge is 0.481 e. The summed E-state index contributed by atoms with van der Waals surface area (Å²) in [6.45, 7) is 4.67. The fourth-order valence-electron chi connectivity index (χ4n) is 9.16. The van der Waals surface area contributed by atoms with Gasteiger partial charge in [-0.1, -0.05) is 20.8 Å². The van der Waals surface area contributed by atoms with E-state index in [0.717, 1.165) is 0 Å². The molecule has 1 aliphatic rings. The lowest BCUT2D eigenvalue weighted by Gasteiger charge is -2.27. The van der Waals surface area contributed by atoms with E-state index >= 15 is 0 Å². The Hall–Kier alpha value is -7.21. The Bertz CT molecular complexity index is 2390. The topological polar surface area (TPSA) is 473 Å². The van der Waals surface area contributed by atoms with Gasteiger partial charge in [-0.3, -0.25) is 76.7 Å². The highest BCUT2D eigenvalue weighted by Gasteiger charge is 2.37. The first kappa shape index (κ1) is 75.8. The molecule has 0 saturated carbocycles. The molecule has 0 spiro atoms. The van der Waals surface area contributed by atoms with Crippen LogP contribution < -0.4 is 32.3 Å². The van der Waals surface area contributed by atoms with Crippen molar-refractivity contribution in [1.29, 1.82) is 0 Å². The molecule has 0 radical (unpaired) electrons. The maximum absolute atomic E-state index is 13.9. The number of ether oxygens (including phenoxy) is 1. The van der Waals surface area contributed by atoms with Crippen LogP contribution in [0.5, 0.6) is 0 Å². The molecule has 0 aromatic carbocycles. The number of carboxylic acid groups (broad SMARTS) is 5. The van der Waals surface area contributed by atoms with Gasteiger partial charge in [0.1, 0.15) is 18.4 Å². The second kappa shape index (κ2) is 40.2. The van der Waals surface area contributed by atoms with Gasteiger partial charge in [-0.05, 0) is 70.0 Å². The predicted molar refractivity (Wildman–Crippen MR) is 301 cm³/mol. The molecule has 0 aromatic rings. The summed E-state index contributed by atoms with van der Waals surface area (Å²) in [6, 6.07) is -7.44. The molecule has 0 bridgehead atoms. The summed E-state index contributed by atoms with van der Waals surface area (Å²) >= 11 is 1.32. The number of Topliss-reactive ketones (excluding diaryl/α,β-unsaturated/α-hetero) is 5. The lowest BCUT2D eigenvalue weighted by Crippen LogP contribution is -2.52. The number of rotatable bonds is 47. The SMILES string of the molecule is CNC(=O)[C@H](C)CC(=O)[C@H](CSC)NC(=O)CCC(=O)[C@H](CC(C)C)NC(=O)[C@@H]1CCCN1C(=O)COCCCC(=O)[C@@H](CCC(=O)O)NC(=O)[C@@H](CCC(=O)O)CC(=O)[C@@H](CCC(=O)O)NC(=O)[C@@H](CCC(=O)O)CC(=O)[C@H](N)CCC(=O)O. The van der Waals surface area contributed by atoms with Crippen LogP contribution in [0.4, 0.5) is 0 Å². The molecule has 12 N–H and O–H groups in total. The second-order valence-electron chi connectivity index (χ2n) is 21.4.